The first-order valence-corrected chi connectivity index (χ1v) is 11.8. The van der Waals surface area contributed by atoms with Crippen molar-refractivity contribution < 1.29 is 37.0 Å². The molecule has 7 nitrogen and oxygen atoms in total. The highest BCUT2D eigenvalue weighted by Gasteiger charge is 2.51. The average molecular weight is 523 g/mol. The minimum absolute atomic E-state index is 0.0697. The van der Waals surface area contributed by atoms with Crippen LogP contribution in [0.4, 0.5) is 18.0 Å². The Hall–Kier alpha value is -3.47. The van der Waals surface area contributed by atoms with E-state index in [0.29, 0.717) is 17.4 Å². The molecule has 11 heteroatoms. The molecule has 0 radical (unpaired) electrons. The van der Waals surface area contributed by atoms with E-state index in [0.717, 1.165) is 6.20 Å². The summed E-state index contributed by atoms with van der Waals surface area (Å²) in [5.41, 5.74) is -3.14. The van der Waals surface area contributed by atoms with Gasteiger partial charge in [0.25, 0.3) is 0 Å². The number of thiol groups is 1. The molecule has 1 saturated carbocycles. The van der Waals surface area contributed by atoms with Crippen molar-refractivity contribution >= 4 is 30.5 Å². The van der Waals surface area contributed by atoms with E-state index in [2.05, 4.69) is 23.3 Å². The Labute approximate surface area is 211 Å². The summed E-state index contributed by atoms with van der Waals surface area (Å²) in [4.78, 5) is 37.4. The van der Waals surface area contributed by atoms with Crippen LogP contribution in [0.15, 0.2) is 48.2 Å². The molecule has 1 aliphatic rings. The molecule has 0 heterocycles. The lowest BCUT2D eigenvalue weighted by Gasteiger charge is -2.20. The third-order valence-corrected chi connectivity index (χ3v) is 5.65. The molecule has 36 heavy (non-hydrogen) atoms. The van der Waals surface area contributed by atoms with Crippen molar-refractivity contribution in [3.63, 3.8) is 0 Å². The van der Waals surface area contributed by atoms with Gasteiger partial charge in [-0.3, -0.25) is 4.79 Å². The summed E-state index contributed by atoms with van der Waals surface area (Å²) in [6.45, 7) is 1.62. The molecule has 0 aliphatic heterocycles. The van der Waals surface area contributed by atoms with Gasteiger partial charge in [0, 0.05) is 18.5 Å². The predicted molar refractivity (Wildman–Crippen MR) is 128 cm³/mol. The van der Waals surface area contributed by atoms with Crippen LogP contribution in [-0.4, -0.2) is 36.8 Å². The second-order valence-corrected chi connectivity index (χ2v) is 8.41. The Morgan fingerprint density at radius 3 is 2.39 bits per heavy atom. The third-order valence-electron chi connectivity index (χ3n) is 5.43. The summed E-state index contributed by atoms with van der Waals surface area (Å²) in [5, 5.41) is 5.04. The summed E-state index contributed by atoms with van der Waals surface area (Å²) >= 11 is 3.99. The van der Waals surface area contributed by atoms with Gasteiger partial charge in [0.2, 0.25) is 5.78 Å². The fourth-order valence-corrected chi connectivity index (χ4v) is 3.66. The molecule has 0 aromatic heterocycles. The zero-order chi connectivity index (χ0) is 26.3. The van der Waals surface area contributed by atoms with Crippen LogP contribution < -0.4 is 10.6 Å². The van der Waals surface area contributed by atoms with Gasteiger partial charge in [0.1, 0.15) is 18.0 Å². The normalized spacial score (nSPS) is 14.1. The number of carbonyl (C=O) groups is 3. The van der Waals surface area contributed by atoms with Crippen LogP contribution in [-0.2, 0) is 26.4 Å². The average Bonchev–Trinajstić information content (AvgIpc) is 3.63. The zero-order valence-corrected chi connectivity index (χ0v) is 20.3. The fraction of sp³-hybridized carbons (Fsp3) is 0.320. The van der Waals surface area contributed by atoms with Crippen LogP contribution in [0.25, 0.3) is 0 Å². The Morgan fingerprint density at radius 1 is 1.08 bits per heavy atom. The van der Waals surface area contributed by atoms with Crippen LogP contribution in [0.3, 0.4) is 0 Å². The third kappa shape index (κ3) is 6.20. The van der Waals surface area contributed by atoms with E-state index in [4.69, 9.17) is 9.47 Å². The number of benzene rings is 2. The first-order chi connectivity index (χ1) is 17.2. The van der Waals surface area contributed by atoms with Crippen molar-refractivity contribution in [2.24, 2.45) is 0 Å². The van der Waals surface area contributed by atoms with Gasteiger partial charge in [-0.05, 0) is 31.4 Å². The number of hydrogen-bond acceptors (Lipinski definition) is 7. The molecule has 2 aromatic rings. The number of hydrogen-bond donors (Lipinski definition) is 3. The SMILES string of the molecule is CCOC(=O)C(=CNCCS)C(=O)c1cc(F)c(C2(NC(=O)OCc3ccccc3)CC2)c(F)c1F. The van der Waals surface area contributed by atoms with E-state index < -0.39 is 57.5 Å². The number of nitrogens with one attached hydrogen (secondary N) is 2. The van der Waals surface area contributed by atoms with E-state index in [1.165, 1.54) is 6.92 Å². The lowest BCUT2D eigenvalue weighted by atomic mass is 9.96. The quantitative estimate of drug-likeness (QED) is 0.0600. The number of rotatable bonds is 11. The Morgan fingerprint density at radius 2 is 1.78 bits per heavy atom. The molecule has 0 atom stereocenters. The van der Waals surface area contributed by atoms with E-state index in [-0.39, 0.29) is 32.6 Å². The summed E-state index contributed by atoms with van der Waals surface area (Å²) in [5.74, 6) is -6.51. The largest absolute Gasteiger partial charge is 0.462 e. The van der Waals surface area contributed by atoms with Crippen LogP contribution in [0.1, 0.15) is 41.3 Å². The van der Waals surface area contributed by atoms with Crippen molar-refractivity contribution in [1.82, 2.24) is 10.6 Å². The maximum Gasteiger partial charge on any atom is 0.408 e. The van der Waals surface area contributed by atoms with E-state index >= 15 is 13.2 Å². The highest BCUT2D eigenvalue weighted by atomic mass is 32.1. The first kappa shape index (κ1) is 27.1. The zero-order valence-electron chi connectivity index (χ0n) is 19.4. The second-order valence-electron chi connectivity index (χ2n) is 7.96. The van der Waals surface area contributed by atoms with Gasteiger partial charge in [-0.2, -0.15) is 12.6 Å². The molecule has 1 aliphatic carbocycles. The van der Waals surface area contributed by atoms with E-state index in [1.54, 1.807) is 30.3 Å². The molecule has 0 unspecified atom stereocenters. The number of amides is 1. The maximum absolute atomic E-state index is 15.1. The number of Topliss-reactive ketones (excluding diaryl/α,β-unsaturated/α-hetero) is 1. The van der Waals surface area contributed by atoms with Gasteiger partial charge in [0.05, 0.1) is 23.3 Å². The van der Waals surface area contributed by atoms with Gasteiger partial charge in [-0.25, -0.2) is 22.8 Å². The molecule has 3 rings (SSSR count). The second kappa shape index (κ2) is 12.0. The van der Waals surface area contributed by atoms with Crippen molar-refractivity contribution in [3.05, 3.63) is 82.3 Å². The van der Waals surface area contributed by atoms with Gasteiger partial charge in [-0.1, -0.05) is 30.3 Å². The summed E-state index contributed by atoms with van der Waals surface area (Å²) in [6, 6.07) is 9.29. The van der Waals surface area contributed by atoms with Crippen molar-refractivity contribution in [1.29, 1.82) is 0 Å². The molecular formula is C25H25F3N2O5S. The summed E-state index contributed by atoms with van der Waals surface area (Å²) in [7, 11) is 0. The van der Waals surface area contributed by atoms with Crippen molar-refractivity contribution in [2.45, 2.75) is 31.9 Å². The topological polar surface area (TPSA) is 93.7 Å². The highest BCUT2D eigenvalue weighted by molar-refractivity contribution is 7.80. The molecule has 1 fully saturated rings. The van der Waals surface area contributed by atoms with Gasteiger partial charge < -0.3 is 20.1 Å². The summed E-state index contributed by atoms with van der Waals surface area (Å²) in [6.07, 6.45) is 0.330. The van der Waals surface area contributed by atoms with Crippen molar-refractivity contribution in [3.8, 4) is 0 Å². The van der Waals surface area contributed by atoms with Crippen LogP contribution in [0, 0.1) is 17.5 Å². The molecule has 1 amide bonds. The number of halogens is 3. The highest BCUT2D eigenvalue weighted by Crippen LogP contribution is 2.48. The minimum Gasteiger partial charge on any atom is -0.462 e. The Bertz CT molecular complexity index is 1170. The Kier molecular flexibility index (Phi) is 9.03. The molecule has 2 aromatic carbocycles. The van der Waals surface area contributed by atoms with Crippen LogP contribution >= 0.6 is 12.6 Å². The number of alkyl carbamates (subject to hydrolysis) is 1. The number of ether oxygens (including phenoxy) is 2. The Balaban J connectivity index is 1.84. The molecule has 0 bridgehead atoms. The molecule has 0 spiro atoms. The van der Waals surface area contributed by atoms with Crippen LogP contribution in [0.5, 0.6) is 0 Å². The van der Waals surface area contributed by atoms with Crippen molar-refractivity contribution in [2.75, 3.05) is 18.9 Å². The van der Waals surface area contributed by atoms with Crippen LogP contribution in [0.2, 0.25) is 0 Å². The lowest BCUT2D eigenvalue weighted by Crippen LogP contribution is -2.37. The van der Waals surface area contributed by atoms with Gasteiger partial charge in [0.15, 0.2) is 11.6 Å². The monoisotopic (exact) mass is 522 g/mol. The summed E-state index contributed by atoms with van der Waals surface area (Å²) < 4.78 is 55.2. The lowest BCUT2D eigenvalue weighted by molar-refractivity contribution is -0.138. The molecule has 0 saturated heterocycles. The molecular weight excluding hydrogens is 497 g/mol. The van der Waals surface area contributed by atoms with E-state index in [9.17, 15) is 14.4 Å². The number of ketones is 1. The molecule has 192 valence electrons. The van der Waals surface area contributed by atoms with Gasteiger partial charge >= 0.3 is 12.1 Å². The number of esters is 1. The smallest absolute Gasteiger partial charge is 0.408 e. The molecule has 2 N–H and O–H groups in total. The fourth-order valence-electron chi connectivity index (χ4n) is 3.53. The minimum atomic E-state index is -1.65. The van der Waals surface area contributed by atoms with Gasteiger partial charge in [-0.15, -0.1) is 0 Å². The number of carbonyl (C=O) groups excluding carboxylic acids is 3. The first-order valence-electron chi connectivity index (χ1n) is 11.2. The maximum atomic E-state index is 15.1. The predicted octanol–water partition coefficient (Wildman–Crippen LogP) is 4.17. The van der Waals surface area contributed by atoms with E-state index in [1.807, 2.05) is 0 Å². The standard InChI is InChI=1S/C25H25F3N2O5S/c1-2-34-23(32)17(13-29-10-11-36)22(31)16-12-18(26)19(21(28)20(16)27)25(8-9-25)30-24(33)35-14-15-6-4-3-5-7-15/h3-7,12-13,29,36H,2,8-11,14H2,1H3,(H,30,33).